The van der Waals surface area contributed by atoms with Crippen LogP contribution in [0.1, 0.15) is 18.5 Å². The zero-order valence-corrected chi connectivity index (χ0v) is 17.2. The highest BCUT2D eigenvalue weighted by Gasteiger charge is 2.18. The van der Waals surface area contributed by atoms with Gasteiger partial charge in [0.1, 0.15) is 18.4 Å². The monoisotopic (exact) mass is 448 g/mol. The van der Waals surface area contributed by atoms with E-state index in [4.69, 9.17) is 16.3 Å². The van der Waals surface area contributed by atoms with Crippen LogP contribution in [0.5, 0.6) is 5.75 Å². The number of ether oxygens (including phenoxy) is 1. The van der Waals surface area contributed by atoms with Crippen molar-refractivity contribution in [3.05, 3.63) is 70.2 Å². The molecule has 0 aliphatic heterocycles. The number of aromatic nitrogens is 3. The normalized spacial score (nSPS) is 11.9. The van der Waals surface area contributed by atoms with Crippen LogP contribution in [-0.4, -0.2) is 39.2 Å². The summed E-state index contributed by atoms with van der Waals surface area (Å²) in [5.74, 6) is 0.454. The fourth-order valence-electron chi connectivity index (χ4n) is 2.52. The molecule has 140 valence electrons. The maximum absolute atomic E-state index is 12.5. The molecule has 0 fully saturated rings. The Balaban J connectivity index is 1.62. The lowest BCUT2D eigenvalue weighted by Crippen LogP contribution is -2.33. The maximum Gasteiger partial charge on any atom is 0.260 e. The van der Waals surface area contributed by atoms with Crippen molar-refractivity contribution in [1.82, 2.24) is 19.7 Å². The van der Waals surface area contributed by atoms with Gasteiger partial charge in [0, 0.05) is 12.1 Å². The van der Waals surface area contributed by atoms with Crippen molar-refractivity contribution >= 4 is 33.4 Å². The van der Waals surface area contributed by atoms with Crippen LogP contribution in [-0.2, 0) is 4.79 Å². The molecule has 0 radical (unpaired) electrons. The number of amides is 1. The quantitative estimate of drug-likeness (QED) is 0.563. The summed E-state index contributed by atoms with van der Waals surface area (Å²) in [7, 11) is 1.76. The SMILES string of the molecule is CC(c1ccc(-n2cncn2)cc1)N(C)C(=O)COc1ccc(Cl)cc1Br. The zero-order valence-electron chi connectivity index (χ0n) is 14.8. The predicted octanol–water partition coefficient (Wildman–Crippen LogP) is 4.28. The van der Waals surface area contributed by atoms with Crippen LogP contribution < -0.4 is 4.74 Å². The fraction of sp³-hybridized carbons (Fsp3) is 0.211. The Morgan fingerprint density at radius 1 is 1.30 bits per heavy atom. The summed E-state index contributed by atoms with van der Waals surface area (Å²) >= 11 is 9.29. The van der Waals surface area contributed by atoms with Gasteiger partial charge in [-0.05, 0) is 58.7 Å². The molecule has 0 saturated heterocycles. The average molecular weight is 450 g/mol. The van der Waals surface area contributed by atoms with Gasteiger partial charge in [-0.15, -0.1) is 0 Å². The van der Waals surface area contributed by atoms with Crippen molar-refractivity contribution < 1.29 is 9.53 Å². The van der Waals surface area contributed by atoms with E-state index in [-0.39, 0.29) is 18.6 Å². The van der Waals surface area contributed by atoms with Gasteiger partial charge in [0.15, 0.2) is 6.61 Å². The van der Waals surface area contributed by atoms with Gasteiger partial charge >= 0.3 is 0 Å². The number of rotatable bonds is 6. The first-order chi connectivity index (χ1) is 13.0. The number of carbonyl (C=O) groups is 1. The van der Waals surface area contributed by atoms with Crippen LogP contribution in [0.2, 0.25) is 5.02 Å². The summed E-state index contributed by atoms with van der Waals surface area (Å²) in [6, 6.07) is 12.9. The molecule has 1 heterocycles. The molecule has 0 aliphatic carbocycles. The van der Waals surface area contributed by atoms with Crippen molar-refractivity contribution in [2.24, 2.45) is 0 Å². The molecule has 0 saturated carbocycles. The van der Waals surface area contributed by atoms with Crippen LogP contribution in [0.3, 0.4) is 0 Å². The maximum atomic E-state index is 12.5. The van der Waals surface area contributed by atoms with Gasteiger partial charge in [-0.25, -0.2) is 9.67 Å². The first kappa shape index (κ1) is 19.4. The highest BCUT2D eigenvalue weighted by Crippen LogP contribution is 2.28. The van der Waals surface area contributed by atoms with E-state index in [2.05, 4.69) is 26.0 Å². The average Bonchev–Trinajstić information content (AvgIpc) is 3.21. The largest absolute Gasteiger partial charge is 0.483 e. The van der Waals surface area contributed by atoms with Gasteiger partial charge in [0.05, 0.1) is 16.2 Å². The van der Waals surface area contributed by atoms with Gasteiger partial charge in [0.25, 0.3) is 5.91 Å². The number of halogens is 2. The number of hydrogen-bond acceptors (Lipinski definition) is 4. The molecule has 6 nitrogen and oxygen atoms in total. The summed E-state index contributed by atoms with van der Waals surface area (Å²) in [6.45, 7) is 1.92. The van der Waals surface area contributed by atoms with Crippen molar-refractivity contribution in [3.8, 4) is 11.4 Å². The minimum Gasteiger partial charge on any atom is -0.483 e. The number of hydrogen-bond donors (Lipinski definition) is 0. The second-order valence-electron chi connectivity index (χ2n) is 5.98. The topological polar surface area (TPSA) is 60.2 Å². The van der Waals surface area contributed by atoms with Gasteiger partial charge in [0.2, 0.25) is 0 Å². The number of nitrogens with zero attached hydrogens (tertiary/aromatic N) is 4. The third-order valence-corrected chi connectivity index (χ3v) is 5.13. The molecule has 0 aliphatic rings. The van der Waals surface area contributed by atoms with Crippen LogP contribution in [0.4, 0.5) is 0 Å². The van der Waals surface area contributed by atoms with Crippen LogP contribution in [0.15, 0.2) is 59.6 Å². The van der Waals surface area contributed by atoms with E-state index >= 15 is 0 Å². The van der Waals surface area contributed by atoms with Crippen LogP contribution in [0.25, 0.3) is 5.69 Å². The summed E-state index contributed by atoms with van der Waals surface area (Å²) in [5, 5.41) is 4.70. The Morgan fingerprint density at radius 3 is 2.67 bits per heavy atom. The fourth-order valence-corrected chi connectivity index (χ4v) is 3.32. The lowest BCUT2D eigenvalue weighted by atomic mass is 10.1. The standard InChI is InChI=1S/C19H18BrClN4O2/c1-13(14-3-6-16(7-4-14)25-12-22-11-23-25)24(2)19(26)10-27-18-8-5-15(21)9-17(18)20/h3-9,11-13H,10H2,1-2H3. The first-order valence-electron chi connectivity index (χ1n) is 8.24. The number of carbonyl (C=O) groups excluding carboxylic acids is 1. The molecule has 27 heavy (non-hydrogen) atoms. The van der Waals surface area contributed by atoms with Crippen molar-refractivity contribution in [2.75, 3.05) is 13.7 Å². The molecule has 0 bridgehead atoms. The highest BCUT2D eigenvalue weighted by molar-refractivity contribution is 9.10. The van der Waals surface area contributed by atoms with E-state index in [1.165, 1.54) is 6.33 Å². The minimum atomic E-state index is -0.121. The van der Waals surface area contributed by atoms with Gasteiger partial charge in [-0.1, -0.05) is 23.7 Å². The molecule has 2 aromatic carbocycles. The molecule has 3 aromatic rings. The Labute approximate surface area is 170 Å². The predicted molar refractivity (Wildman–Crippen MR) is 107 cm³/mol. The first-order valence-corrected chi connectivity index (χ1v) is 9.41. The molecule has 1 amide bonds. The van der Waals surface area contributed by atoms with Gasteiger partial charge in [-0.3, -0.25) is 4.79 Å². The smallest absolute Gasteiger partial charge is 0.260 e. The third kappa shape index (κ3) is 4.67. The number of benzene rings is 2. The molecule has 3 rings (SSSR count). The summed E-state index contributed by atoms with van der Waals surface area (Å²) in [4.78, 5) is 18.1. The highest BCUT2D eigenvalue weighted by atomic mass is 79.9. The molecular formula is C19H18BrClN4O2. The van der Waals surface area contributed by atoms with Crippen LogP contribution in [0, 0.1) is 0 Å². The molecule has 1 unspecified atom stereocenters. The van der Waals surface area contributed by atoms with Crippen LogP contribution >= 0.6 is 27.5 Å². The van der Waals surface area contributed by atoms with E-state index in [0.29, 0.717) is 15.2 Å². The Bertz CT molecular complexity index is 916. The van der Waals surface area contributed by atoms with Crippen molar-refractivity contribution in [1.29, 1.82) is 0 Å². The van der Waals surface area contributed by atoms with E-state index in [0.717, 1.165) is 11.3 Å². The molecule has 1 atom stereocenters. The van der Waals surface area contributed by atoms with Crippen molar-refractivity contribution in [3.63, 3.8) is 0 Å². The molecule has 0 spiro atoms. The number of likely N-dealkylation sites (N-methyl/N-ethyl adjacent to an activating group) is 1. The second-order valence-corrected chi connectivity index (χ2v) is 7.27. The Kier molecular flexibility index (Phi) is 6.13. The molecule has 1 aromatic heterocycles. The minimum absolute atomic E-state index is 0.0574. The van der Waals surface area contributed by atoms with E-state index in [1.54, 1.807) is 41.2 Å². The molecular weight excluding hydrogens is 432 g/mol. The molecule has 8 heteroatoms. The van der Waals surface area contributed by atoms with Crippen molar-refractivity contribution in [2.45, 2.75) is 13.0 Å². The van der Waals surface area contributed by atoms with Gasteiger partial charge in [-0.2, -0.15) is 5.10 Å². The van der Waals surface area contributed by atoms with E-state index in [1.807, 2.05) is 31.2 Å². The molecule has 0 N–H and O–H groups in total. The summed E-state index contributed by atoms with van der Waals surface area (Å²) < 4.78 is 8.01. The lowest BCUT2D eigenvalue weighted by Gasteiger charge is -2.25. The summed E-state index contributed by atoms with van der Waals surface area (Å²) in [5.41, 5.74) is 1.93. The second kappa shape index (κ2) is 8.54. The van der Waals surface area contributed by atoms with E-state index < -0.39 is 0 Å². The zero-order chi connectivity index (χ0) is 19.4. The Hall–Kier alpha value is -2.38. The Morgan fingerprint density at radius 2 is 2.04 bits per heavy atom. The lowest BCUT2D eigenvalue weighted by molar-refractivity contribution is -0.134. The van der Waals surface area contributed by atoms with Gasteiger partial charge < -0.3 is 9.64 Å². The third-order valence-electron chi connectivity index (χ3n) is 4.28. The summed E-state index contributed by atoms with van der Waals surface area (Å²) in [6.07, 6.45) is 3.13. The van der Waals surface area contributed by atoms with E-state index in [9.17, 15) is 4.79 Å².